The minimum atomic E-state index is -0.626. The molecule has 1 N–H and O–H groups in total. The molecule has 1 fully saturated rings. The topological polar surface area (TPSA) is 105 Å². The Labute approximate surface area is 133 Å². The predicted octanol–water partition coefficient (Wildman–Crippen LogP) is 1.75. The minimum Gasteiger partial charge on any atom is -0.391 e. The van der Waals surface area contributed by atoms with Gasteiger partial charge in [-0.1, -0.05) is 24.2 Å². The number of amides is 1. The maximum absolute atomic E-state index is 13.0. The second-order valence-corrected chi connectivity index (χ2v) is 6.20. The molecule has 8 heteroatoms. The summed E-state index contributed by atoms with van der Waals surface area (Å²) in [6, 6.07) is -0.437. The maximum Gasteiger partial charge on any atom is 0.260 e. The second kappa shape index (κ2) is 5.77. The number of aromatic nitrogens is 3. The molecule has 1 aliphatic heterocycles. The van der Waals surface area contributed by atoms with Gasteiger partial charge in [0, 0.05) is 18.9 Å². The third-order valence-electron chi connectivity index (χ3n) is 4.00. The average molecular weight is 320 g/mol. The first kappa shape index (κ1) is 15.7. The number of hydrogen-bond donors (Lipinski definition) is 1. The molecule has 0 aromatic carbocycles. The van der Waals surface area contributed by atoms with E-state index in [1.165, 1.54) is 0 Å². The fourth-order valence-electron chi connectivity index (χ4n) is 2.91. The molecule has 8 nitrogen and oxygen atoms in total. The van der Waals surface area contributed by atoms with E-state index in [1.807, 2.05) is 13.8 Å². The van der Waals surface area contributed by atoms with Crippen molar-refractivity contribution in [2.45, 2.75) is 52.2 Å². The predicted molar refractivity (Wildman–Crippen MR) is 78.8 cm³/mol. The molecule has 2 aromatic rings. The normalized spacial score (nSPS) is 21.4. The number of aliphatic hydroxyl groups excluding tert-OH is 1. The van der Waals surface area contributed by atoms with Crippen molar-refractivity contribution in [1.82, 2.24) is 20.2 Å². The van der Waals surface area contributed by atoms with Crippen LogP contribution in [0.3, 0.4) is 0 Å². The molecule has 2 atom stereocenters. The Morgan fingerprint density at radius 3 is 2.65 bits per heavy atom. The van der Waals surface area contributed by atoms with Crippen LogP contribution in [-0.4, -0.2) is 43.9 Å². The fraction of sp³-hybridized carbons (Fsp3) is 0.600. The number of nitrogens with zero attached hydrogens (tertiary/aromatic N) is 4. The van der Waals surface area contributed by atoms with Gasteiger partial charge in [0.15, 0.2) is 11.6 Å². The summed E-state index contributed by atoms with van der Waals surface area (Å²) in [4.78, 5) is 18.8. The van der Waals surface area contributed by atoms with Crippen molar-refractivity contribution in [3.63, 3.8) is 0 Å². The molecule has 3 rings (SSSR count). The van der Waals surface area contributed by atoms with Gasteiger partial charge >= 0.3 is 0 Å². The molecule has 124 valence electrons. The van der Waals surface area contributed by atoms with Crippen molar-refractivity contribution in [3.8, 4) is 0 Å². The van der Waals surface area contributed by atoms with Crippen LogP contribution < -0.4 is 0 Å². The van der Waals surface area contributed by atoms with E-state index in [2.05, 4.69) is 15.3 Å². The standard InChI is InChI=1S/C15H20N4O4/c1-7(2)13-12(8(3)17-22-13)15(21)19-6-10(20)5-11(19)14-16-9(4)18-23-14/h7,10-11,20H,5-6H2,1-4H3/t10-,11-/m1/s1. The lowest BCUT2D eigenvalue weighted by molar-refractivity contribution is 0.0690. The Morgan fingerprint density at radius 2 is 2.04 bits per heavy atom. The molecule has 0 saturated carbocycles. The van der Waals surface area contributed by atoms with E-state index in [4.69, 9.17) is 9.05 Å². The highest BCUT2D eigenvalue weighted by molar-refractivity contribution is 5.96. The summed E-state index contributed by atoms with van der Waals surface area (Å²) in [6.07, 6.45) is -0.256. The van der Waals surface area contributed by atoms with Crippen molar-refractivity contribution in [3.05, 3.63) is 28.7 Å². The first-order valence-corrected chi connectivity index (χ1v) is 7.63. The molecule has 0 radical (unpaired) electrons. The van der Waals surface area contributed by atoms with E-state index < -0.39 is 12.1 Å². The number of carbonyl (C=O) groups is 1. The number of hydrogen-bond acceptors (Lipinski definition) is 7. The zero-order valence-corrected chi connectivity index (χ0v) is 13.6. The van der Waals surface area contributed by atoms with Crippen LogP contribution in [0.1, 0.15) is 65.8 Å². The first-order chi connectivity index (χ1) is 10.9. The summed E-state index contributed by atoms with van der Waals surface area (Å²) in [6.45, 7) is 7.54. The van der Waals surface area contributed by atoms with Crippen LogP contribution in [0, 0.1) is 13.8 Å². The highest BCUT2D eigenvalue weighted by Crippen LogP contribution is 2.34. The molecule has 0 unspecified atom stereocenters. The van der Waals surface area contributed by atoms with E-state index in [-0.39, 0.29) is 18.4 Å². The number of aliphatic hydroxyl groups is 1. The smallest absolute Gasteiger partial charge is 0.260 e. The summed E-state index contributed by atoms with van der Waals surface area (Å²) in [5, 5.41) is 17.7. The monoisotopic (exact) mass is 320 g/mol. The molecule has 3 heterocycles. The lowest BCUT2D eigenvalue weighted by Gasteiger charge is -2.21. The highest BCUT2D eigenvalue weighted by atomic mass is 16.5. The maximum atomic E-state index is 13.0. The van der Waals surface area contributed by atoms with E-state index >= 15 is 0 Å². The van der Waals surface area contributed by atoms with Gasteiger partial charge in [0.2, 0.25) is 5.89 Å². The van der Waals surface area contributed by atoms with Crippen LogP contribution in [-0.2, 0) is 0 Å². The zero-order valence-electron chi connectivity index (χ0n) is 13.6. The third kappa shape index (κ3) is 2.74. The van der Waals surface area contributed by atoms with E-state index in [1.54, 1.807) is 18.7 Å². The van der Waals surface area contributed by atoms with Gasteiger partial charge in [-0.15, -0.1) is 0 Å². The van der Waals surface area contributed by atoms with Gasteiger partial charge in [-0.05, 0) is 13.8 Å². The van der Waals surface area contributed by atoms with Gasteiger partial charge in [0.25, 0.3) is 5.91 Å². The van der Waals surface area contributed by atoms with Crippen LogP contribution in [0.2, 0.25) is 0 Å². The molecule has 0 spiro atoms. The molecular weight excluding hydrogens is 300 g/mol. The van der Waals surface area contributed by atoms with Gasteiger partial charge in [-0.2, -0.15) is 4.98 Å². The van der Waals surface area contributed by atoms with Gasteiger partial charge in [0.1, 0.15) is 11.6 Å². The van der Waals surface area contributed by atoms with Crippen LogP contribution in [0.5, 0.6) is 0 Å². The van der Waals surface area contributed by atoms with E-state index in [0.29, 0.717) is 35.2 Å². The van der Waals surface area contributed by atoms with Crippen LogP contribution in [0.25, 0.3) is 0 Å². The van der Waals surface area contributed by atoms with Gasteiger partial charge in [-0.25, -0.2) is 0 Å². The van der Waals surface area contributed by atoms with E-state index in [9.17, 15) is 9.90 Å². The third-order valence-corrected chi connectivity index (χ3v) is 4.00. The van der Waals surface area contributed by atoms with Crippen molar-refractivity contribution in [1.29, 1.82) is 0 Å². The number of β-amino-alcohol motifs (C(OH)–C–C–N with tert-alkyl or cyclic N) is 1. The average Bonchev–Trinajstić information content (AvgIpc) is 3.16. The first-order valence-electron chi connectivity index (χ1n) is 7.63. The summed E-state index contributed by atoms with van der Waals surface area (Å²) >= 11 is 0. The summed E-state index contributed by atoms with van der Waals surface area (Å²) in [7, 11) is 0. The van der Waals surface area contributed by atoms with Crippen LogP contribution in [0.4, 0.5) is 0 Å². The minimum absolute atomic E-state index is 0.0341. The van der Waals surface area contributed by atoms with Crippen LogP contribution in [0.15, 0.2) is 9.05 Å². The molecule has 2 aromatic heterocycles. The molecular formula is C15H20N4O4. The lowest BCUT2D eigenvalue weighted by Crippen LogP contribution is -2.32. The Hall–Kier alpha value is -2.22. The number of rotatable bonds is 3. The fourth-order valence-corrected chi connectivity index (χ4v) is 2.91. The summed E-state index contributed by atoms with van der Waals surface area (Å²) in [5.41, 5.74) is 0.996. The van der Waals surface area contributed by atoms with Crippen molar-refractivity contribution in [2.24, 2.45) is 0 Å². The molecule has 0 aliphatic carbocycles. The largest absolute Gasteiger partial charge is 0.391 e. The number of aryl methyl sites for hydroxylation is 2. The lowest BCUT2D eigenvalue weighted by atomic mass is 10.0. The SMILES string of the molecule is Cc1noc([C@H]2C[C@@H](O)CN2C(=O)c2c(C)noc2C(C)C)n1. The van der Waals surface area contributed by atoms with Gasteiger partial charge in [-0.3, -0.25) is 4.79 Å². The van der Waals surface area contributed by atoms with Crippen molar-refractivity contribution >= 4 is 5.91 Å². The van der Waals surface area contributed by atoms with Crippen molar-refractivity contribution in [2.75, 3.05) is 6.54 Å². The quantitative estimate of drug-likeness (QED) is 0.918. The van der Waals surface area contributed by atoms with Crippen molar-refractivity contribution < 1.29 is 18.9 Å². The van der Waals surface area contributed by atoms with E-state index in [0.717, 1.165) is 0 Å². The Balaban J connectivity index is 1.96. The Kier molecular flexibility index (Phi) is 3.93. The highest BCUT2D eigenvalue weighted by Gasteiger charge is 2.41. The number of carbonyl (C=O) groups excluding carboxylic acids is 1. The summed E-state index contributed by atoms with van der Waals surface area (Å²) < 4.78 is 10.5. The summed E-state index contributed by atoms with van der Waals surface area (Å²) in [5.74, 6) is 1.19. The number of likely N-dealkylation sites (tertiary alicyclic amines) is 1. The zero-order chi connectivity index (χ0) is 16.7. The molecule has 1 saturated heterocycles. The Bertz CT molecular complexity index is 721. The van der Waals surface area contributed by atoms with Gasteiger partial charge in [0.05, 0.1) is 11.8 Å². The second-order valence-electron chi connectivity index (χ2n) is 6.20. The Morgan fingerprint density at radius 1 is 1.30 bits per heavy atom. The molecule has 0 bridgehead atoms. The molecule has 23 heavy (non-hydrogen) atoms. The van der Waals surface area contributed by atoms with Crippen LogP contribution >= 0.6 is 0 Å². The molecule has 1 amide bonds. The molecule has 1 aliphatic rings. The van der Waals surface area contributed by atoms with Gasteiger partial charge < -0.3 is 19.1 Å².